The van der Waals surface area contributed by atoms with E-state index in [1.807, 2.05) is 12.2 Å². The van der Waals surface area contributed by atoms with Gasteiger partial charge in [0.1, 0.15) is 0 Å². The Hall–Kier alpha value is -0.520. The first-order valence-corrected chi connectivity index (χ1v) is 2.95. The molecule has 0 spiro atoms. The molecule has 0 N–H and O–H groups in total. The normalized spacial score (nSPS) is 8.50. The first-order valence-electron chi connectivity index (χ1n) is 2.95. The second kappa shape index (κ2) is 6.48. The van der Waals surface area contributed by atoms with Gasteiger partial charge >= 0.3 is 0 Å². The van der Waals surface area contributed by atoms with Gasteiger partial charge in [0.15, 0.2) is 0 Å². The third-order valence-corrected chi connectivity index (χ3v) is 0.908. The van der Waals surface area contributed by atoms with Crippen molar-refractivity contribution >= 4 is 0 Å². The Labute approximate surface area is 51.9 Å². The lowest BCUT2D eigenvalue weighted by atomic mass is 10.2. The first kappa shape index (κ1) is 7.48. The van der Waals surface area contributed by atoms with E-state index in [9.17, 15) is 0 Å². The summed E-state index contributed by atoms with van der Waals surface area (Å²) in [6.07, 6.45) is 9.29. The maximum atomic E-state index is 3.61. The lowest BCUT2D eigenvalue weighted by Crippen LogP contribution is -1.71. The minimum Gasteiger partial charge on any atom is -0.103 e. The summed E-state index contributed by atoms with van der Waals surface area (Å²) in [7, 11) is 0. The van der Waals surface area contributed by atoms with Crippen molar-refractivity contribution in [1.29, 1.82) is 0 Å². The minimum absolute atomic E-state index is 1.02. The topological polar surface area (TPSA) is 0 Å². The van der Waals surface area contributed by atoms with Crippen LogP contribution in [0.15, 0.2) is 25.3 Å². The second-order valence-corrected chi connectivity index (χ2v) is 1.68. The Bertz CT molecular complexity index is 52.4. The summed E-state index contributed by atoms with van der Waals surface area (Å²) in [5, 5.41) is 0. The van der Waals surface area contributed by atoms with Crippen LogP contribution in [0.2, 0.25) is 0 Å². The lowest BCUT2D eigenvalue weighted by molar-refractivity contribution is 0.936. The smallest absolute Gasteiger partial charge is 0.0322 e. The fourth-order valence-electron chi connectivity index (χ4n) is 0.471. The van der Waals surface area contributed by atoms with Crippen molar-refractivity contribution in [2.75, 3.05) is 0 Å². The summed E-state index contributed by atoms with van der Waals surface area (Å²) in [5.41, 5.74) is 0. The average molecular weight is 109 g/mol. The zero-order valence-electron chi connectivity index (χ0n) is 5.27. The van der Waals surface area contributed by atoms with Crippen LogP contribution in [0.25, 0.3) is 0 Å². The molecule has 0 amide bonds. The summed E-state index contributed by atoms with van der Waals surface area (Å²) in [5.74, 6) is 0. The molecule has 0 bridgehead atoms. The fourth-order valence-corrected chi connectivity index (χ4v) is 0.471. The van der Waals surface area contributed by atoms with Crippen molar-refractivity contribution in [2.45, 2.75) is 19.3 Å². The van der Waals surface area contributed by atoms with Crippen LogP contribution in [-0.2, 0) is 0 Å². The van der Waals surface area contributed by atoms with Gasteiger partial charge in [0.25, 0.3) is 0 Å². The van der Waals surface area contributed by atoms with E-state index in [4.69, 9.17) is 0 Å². The summed E-state index contributed by atoms with van der Waals surface area (Å²) >= 11 is 0. The Morgan fingerprint density at radius 2 is 1.75 bits per heavy atom. The van der Waals surface area contributed by atoms with Crippen LogP contribution in [0.5, 0.6) is 0 Å². The Morgan fingerprint density at radius 1 is 1.00 bits per heavy atom. The molecular weight excluding hydrogens is 96.1 g/mol. The van der Waals surface area contributed by atoms with E-state index < -0.39 is 0 Å². The predicted molar refractivity (Wildman–Crippen MR) is 38.5 cm³/mol. The van der Waals surface area contributed by atoms with Gasteiger partial charge in [0.05, 0.1) is 0 Å². The second-order valence-electron chi connectivity index (χ2n) is 1.68. The molecule has 0 aliphatic rings. The summed E-state index contributed by atoms with van der Waals surface area (Å²) in [4.78, 5) is 0. The van der Waals surface area contributed by atoms with Crippen LogP contribution in [0, 0.1) is 6.42 Å². The van der Waals surface area contributed by atoms with E-state index in [0.29, 0.717) is 0 Å². The molecule has 0 aromatic heterocycles. The average Bonchev–Trinajstić information content (AvgIpc) is 1.81. The fraction of sp³-hybridized carbons (Fsp3) is 0.375. The summed E-state index contributed by atoms with van der Waals surface area (Å²) < 4.78 is 0. The van der Waals surface area contributed by atoms with E-state index in [2.05, 4.69) is 19.6 Å². The molecule has 0 aromatic rings. The molecule has 0 aliphatic heterocycles. The van der Waals surface area contributed by atoms with Crippen LogP contribution in [-0.4, -0.2) is 0 Å². The standard InChI is InChI=1S/C8H13/c1-3-5-7-8-6-4-2/h3-4,7H,1-2,5-6,8H2. The molecular formula is C8H13. The highest BCUT2D eigenvalue weighted by atomic mass is 13.9. The van der Waals surface area contributed by atoms with Crippen molar-refractivity contribution in [1.82, 2.24) is 0 Å². The molecule has 8 heavy (non-hydrogen) atoms. The van der Waals surface area contributed by atoms with Gasteiger partial charge < -0.3 is 0 Å². The van der Waals surface area contributed by atoms with Crippen molar-refractivity contribution in [3.05, 3.63) is 31.7 Å². The molecule has 0 aliphatic carbocycles. The molecule has 1 radical (unpaired) electrons. The van der Waals surface area contributed by atoms with Gasteiger partial charge in [-0.2, -0.15) is 0 Å². The van der Waals surface area contributed by atoms with Crippen molar-refractivity contribution in [3.63, 3.8) is 0 Å². The van der Waals surface area contributed by atoms with E-state index >= 15 is 0 Å². The number of allylic oxidation sites excluding steroid dienone is 2. The van der Waals surface area contributed by atoms with E-state index in [-0.39, 0.29) is 0 Å². The van der Waals surface area contributed by atoms with Crippen LogP contribution < -0.4 is 0 Å². The van der Waals surface area contributed by atoms with Gasteiger partial charge in [-0.3, -0.25) is 0 Å². The van der Waals surface area contributed by atoms with E-state index in [0.717, 1.165) is 19.3 Å². The van der Waals surface area contributed by atoms with Crippen molar-refractivity contribution in [3.8, 4) is 0 Å². The lowest BCUT2D eigenvalue weighted by Gasteiger charge is -1.88. The molecule has 0 heterocycles. The van der Waals surface area contributed by atoms with Gasteiger partial charge in [0.2, 0.25) is 0 Å². The molecule has 45 valence electrons. The molecule has 0 unspecified atom stereocenters. The highest BCUT2D eigenvalue weighted by Gasteiger charge is 1.79. The van der Waals surface area contributed by atoms with Crippen LogP contribution >= 0.6 is 0 Å². The van der Waals surface area contributed by atoms with E-state index in [1.165, 1.54) is 0 Å². The van der Waals surface area contributed by atoms with Crippen molar-refractivity contribution in [2.24, 2.45) is 0 Å². The van der Waals surface area contributed by atoms with Gasteiger partial charge in [-0.25, -0.2) is 0 Å². The first-order chi connectivity index (χ1) is 3.91. The quantitative estimate of drug-likeness (QED) is 0.376. The maximum absolute atomic E-state index is 3.61. The number of hydrogen-bond acceptors (Lipinski definition) is 0. The molecule has 0 nitrogen and oxygen atoms in total. The largest absolute Gasteiger partial charge is 0.103 e. The van der Waals surface area contributed by atoms with Gasteiger partial charge in [0, 0.05) is 0 Å². The molecule has 0 rings (SSSR count). The zero-order valence-corrected chi connectivity index (χ0v) is 5.27. The molecule has 0 saturated carbocycles. The monoisotopic (exact) mass is 109 g/mol. The SMILES string of the molecule is C=CC[CH]CCC=C. The Kier molecular flexibility index (Phi) is 6.06. The van der Waals surface area contributed by atoms with Crippen molar-refractivity contribution < 1.29 is 0 Å². The number of rotatable bonds is 5. The molecule has 0 heteroatoms. The predicted octanol–water partition coefficient (Wildman–Crippen LogP) is 2.73. The Balaban J connectivity index is 2.71. The van der Waals surface area contributed by atoms with Crippen LogP contribution in [0.4, 0.5) is 0 Å². The maximum Gasteiger partial charge on any atom is -0.0322 e. The van der Waals surface area contributed by atoms with Crippen LogP contribution in [0.3, 0.4) is 0 Å². The third kappa shape index (κ3) is 5.48. The highest BCUT2D eigenvalue weighted by Crippen LogP contribution is 1.97. The van der Waals surface area contributed by atoms with Gasteiger partial charge in [-0.15, -0.1) is 13.2 Å². The van der Waals surface area contributed by atoms with E-state index in [1.54, 1.807) is 0 Å². The van der Waals surface area contributed by atoms with Gasteiger partial charge in [-0.1, -0.05) is 12.2 Å². The Morgan fingerprint density at radius 3 is 2.25 bits per heavy atom. The molecule has 0 fully saturated rings. The third-order valence-electron chi connectivity index (χ3n) is 0.908. The zero-order chi connectivity index (χ0) is 6.24. The summed E-state index contributed by atoms with van der Waals surface area (Å²) in [6.45, 7) is 7.21. The number of hydrogen-bond donors (Lipinski definition) is 0. The number of unbranched alkanes of at least 4 members (excludes halogenated alkanes) is 3. The highest BCUT2D eigenvalue weighted by molar-refractivity contribution is 4.80. The molecule has 0 saturated heterocycles. The molecule has 0 atom stereocenters. The minimum atomic E-state index is 1.02. The molecule has 0 aromatic carbocycles. The summed E-state index contributed by atoms with van der Waals surface area (Å²) in [6, 6.07) is 0. The van der Waals surface area contributed by atoms with Gasteiger partial charge in [-0.05, 0) is 25.7 Å². The van der Waals surface area contributed by atoms with Crippen LogP contribution in [0.1, 0.15) is 19.3 Å².